The summed E-state index contributed by atoms with van der Waals surface area (Å²) in [6, 6.07) is 76.5. The van der Waals surface area contributed by atoms with Crippen molar-refractivity contribution in [3.05, 3.63) is 217 Å². The molecule has 0 spiro atoms. The molecule has 61 heavy (non-hydrogen) atoms. The van der Waals surface area contributed by atoms with Gasteiger partial charge in [0, 0.05) is 38.3 Å². The maximum atomic E-state index is 2.49. The van der Waals surface area contributed by atoms with Crippen molar-refractivity contribution in [1.82, 2.24) is 9.13 Å². The van der Waals surface area contributed by atoms with Gasteiger partial charge in [-0.25, -0.2) is 0 Å². The third kappa shape index (κ3) is 4.68. The van der Waals surface area contributed by atoms with Gasteiger partial charge in [-0.15, -0.1) is 0 Å². The van der Waals surface area contributed by atoms with Gasteiger partial charge in [0.1, 0.15) is 0 Å². The first-order valence-corrected chi connectivity index (χ1v) is 21.4. The van der Waals surface area contributed by atoms with Gasteiger partial charge in [0.15, 0.2) is 0 Å². The molecule has 2 heterocycles. The minimum atomic E-state index is -0.139. The van der Waals surface area contributed by atoms with Crippen LogP contribution in [0.2, 0.25) is 0 Å². The molecular formula is C59H40N2. The van der Waals surface area contributed by atoms with E-state index >= 15 is 0 Å². The molecule has 2 nitrogen and oxygen atoms in total. The van der Waals surface area contributed by atoms with Crippen LogP contribution in [0.1, 0.15) is 25.0 Å². The summed E-state index contributed by atoms with van der Waals surface area (Å²) in [5.41, 5.74) is 17.6. The number of benzene rings is 10. The first-order chi connectivity index (χ1) is 30.1. The van der Waals surface area contributed by atoms with Crippen molar-refractivity contribution in [2.75, 3.05) is 0 Å². The highest BCUT2D eigenvalue weighted by Gasteiger charge is 2.38. The van der Waals surface area contributed by atoms with E-state index in [-0.39, 0.29) is 5.41 Å². The lowest BCUT2D eigenvalue weighted by atomic mass is 9.77. The number of rotatable bonds is 4. The maximum Gasteiger partial charge on any atom is 0.0641 e. The highest BCUT2D eigenvalue weighted by atomic mass is 15.0. The topological polar surface area (TPSA) is 9.86 Å². The van der Waals surface area contributed by atoms with Gasteiger partial charge in [0.05, 0.1) is 22.1 Å². The summed E-state index contributed by atoms with van der Waals surface area (Å²) in [6.45, 7) is 4.79. The Kier molecular flexibility index (Phi) is 7.10. The second-order valence-electron chi connectivity index (χ2n) is 17.2. The zero-order valence-electron chi connectivity index (χ0n) is 34.0. The van der Waals surface area contributed by atoms with Crippen molar-refractivity contribution in [2.24, 2.45) is 0 Å². The van der Waals surface area contributed by atoms with Crippen LogP contribution in [0.25, 0.3) is 110 Å². The molecule has 1 aliphatic carbocycles. The van der Waals surface area contributed by atoms with Gasteiger partial charge >= 0.3 is 0 Å². The molecule has 10 aromatic carbocycles. The number of aromatic nitrogens is 2. The first kappa shape index (κ1) is 34.2. The quantitative estimate of drug-likeness (QED) is 0.158. The van der Waals surface area contributed by atoms with E-state index in [4.69, 9.17) is 0 Å². The monoisotopic (exact) mass is 776 g/mol. The molecule has 0 aliphatic heterocycles. The second-order valence-corrected chi connectivity index (χ2v) is 17.2. The van der Waals surface area contributed by atoms with E-state index in [0.29, 0.717) is 0 Å². The average Bonchev–Trinajstić information content (AvgIpc) is 3.91. The molecule has 0 unspecified atom stereocenters. The summed E-state index contributed by atoms with van der Waals surface area (Å²) >= 11 is 0. The molecule has 2 heteroatoms. The summed E-state index contributed by atoms with van der Waals surface area (Å²) in [4.78, 5) is 0. The Hall–Kier alpha value is -7.68. The number of hydrogen-bond acceptors (Lipinski definition) is 0. The Morgan fingerprint density at radius 2 is 0.869 bits per heavy atom. The highest BCUT2D eigenvalue weighted by molar-refractivity contribution is 6.27. The van der Waals surface area contributed by atoms with Gasteiger partial charge < -0.3 is 9.13 Å². The minimum Gasteiger partial charge on any atom is -0.309 e. The van der Waals surface area contributed by atoms with Gasteiger partial charge in [-0.1, -0.05) is 172 Å². The van der Waals surface area contributed by atoms with E-state index in [1.807, 2.05) is 0 Å². The fraction of sp³-hybridized carbons (Fsp3) is 0.0508. The van der Waals surface area contributed by atoms with E-state index < -0.39 is 0 Å². The Morgan fingerprint density at radius 3 is 1.57 bits per heavy atom. The molecule has 0 fully saturated rings. The summed E-state index contributed by atoms with van der Waals surface area (Å²) in [6.07, 6.45) is 0. The maximum absolute atomic E-state index is 2.49. The largest absolute Gasteiger partial charge is 0.309 e. The van der Waals surface area contributed by atoms with Crippen molar-refractivity contribution >= 4 is 65.2 Å². The van der Waals surface area contributed by atoms with Crippen LogP contribution in [0, 0.1) is 0 Å². The van der Waals surface area contributed by atoms with Gasteiger partial charge in [-0.05, 0) is 115 Å². The third-order valence-corrected chi connectivity index (χ3v) is 13.7. The standard InChI is InChI=1S/C59H40N2/c1-59(2)50-30-15-13-22-40(50)45-28-17-29-48(57(45)59)55-43-25-11-9-23-41(43)54(42-24-10-12-26-44(42)55)37-32-34-52-49(36-37)46-33-35-53-56(58(46)61(52)39-20-7-4-8-21-39)47-27-14-16-31-51(47)60(53)38-18-5-3-6-19-38/h3-36H,1-2H3. The molecular weight excluding hydrogens is 737 g/mol. The molecule has 0 N–H and O–H groups in total. The number of para-hydroxylation sites is 3. The fourth-order valence-electron chi connectivity index (χ4n) is 11.2. The van der Waals surface area contributed by atoms with E-state index in [0.717, 1.165) is 11.4 Å². The predicted octanol–water partition coefficient (Wildman–Crippen LogP) is 15.8. The van der Waals surface area contributed by atoms with Crippen LogP contribution in [0.5, 0.6) is 0 Å². The zero-order chi connectivity index (χ0) is 40.4. The Balaban J connectivity index is 1.12. The summed E-state index contributed by atoms with van der Waals surface area (Å²) < 4.78 is 4.91. The average molecular weight is 777 g/mol. The van der Waals surface area contributed by atoms with Crippen molar-refractivity contribution in [2.45, 2.75) is 19.3 Å². The van der Waals surface area contributed by atoms with Crippen LogP contribution in [0.3, 0.4) is 0 Å². The van der Waals surface area contributed by atoms with E-state index in [1.54, 1.807) is 0 Å². The lowest BCUT2D eigenvalue weighted by molar-refractivity contribution is 0.662. The first-order valence-electron chi connectivity index (χ1n) is 21.4. The van der Waals surface area contributed by atoms with Crippen LogP contribution in [-0.4, -0.2) is 9.13 Å². The summed E-state index contributed by atoms with van der Waals surface area (Å²) in [5.74, 6) is 0. The minimum absolute atomic E-state index is 0.139. The molecule has 0 saturated carbocycles. The SMILES string of the molecule is CC1(C)c2ccccc2-c2cccc(-c3c4ccccc4c(-c4ccc5c(c4)c4ccc6c(c7ccccc7n6-c6ccccc6)c4n5-c4ccccc4)c4ccccc34)c21. The zero-order valence-corrected chi connectivity index (χ0v) is 34.0. The lowest BCUT2D eigenvalue weighted by Crippen LogP contribution is -2.16. The molecule has 1 aliphatic rings. The van der Waals surface area contributed by atoms with E-state index in [1.165, 1.54) is 110 Å². The lowest BCUT2D eigenvalue weighted by Gasteiger charge is -2.26. The Bertz CT molecular complexity index is 3710. The van der Waals surface area contributed by atoms with E-state index in [2.05, 4.69) is 229 Å². The molecule has 0 bridgehead atoms. The van der Waals surface area contributed by atoms with Gasteiger partial charge in [-0.3, -0.25) is 0 Å². The molecule has 13 rings (SSSR count). The molecule has 0 radical (unpaired) electrons. The van der Waals surface area contributed by atoms with Crippen LogP contribution in [0.15, 0.2) is 206 Å². The predicted molar refractivity (Wildman–Crippen MR) is 259 cm³/mol. The van der Waals surface area contributed by atoms with Crippen molar-refractivity contribution < 1.29 is 0 Å². The Labute approximate surface area is 354 Å². The van der Waals surface area contributed by atoms with Gasteiger partial charge in [0.25, 0.3) is 0 Å². The highest BCUT2D eigenvalue weighted by Crippen LogP contribution is 2.55. The van der Waals surface area contributed by atoms with Gasteiger partial charge in [0.2, 0.25) is 0 Å². The summed E-state index contributed by atoms with van der Waals surface area (Å²) in [5, 5.41) is 10.1. The summed E-state index contributed by atoms with van der Waals surface area (Å²) in [7, 11) is 0. The Morgan fingerprint density at radius 1 is 0.344 bits per heavy atom. The van der Waals surface area contributed by atoms with E-state index in [9.17, 15) is 0 Å². The normalized spacial score (nSPS) is 13.2. The molecule has 286 valence electrons. The van der Waals surface area contributed by atoms with Crippen molar-refractivity contribution in [3.8, 4) is 44.8 Å². The smallest absolute Gasteiger partial charge is 0.0641 e. The van der Waals surface area contributed by atoms with Crippen LogP contribution < -0.4 is 0 Å². The van der Waals surface area contributed by atoms with Crippen molar-refractivity contribution in [1.29, 1.82) is 0 Å². The number of hydrogen-bond donors (Lipinski definition) is 0. The number of fused-ring (bicyclic) bond motifs is 12. The number of nitrogens with zero attached hydrogens (tertiary/aromatic N) is 2. The molecule has 2 aromatic heterocycles. The fourth-order valence-corrected chi connectivity index (χ4v) is 11.2. The van der Waals surface area contributed by atoms with Crippen LogP contribution in [-0.2, 0) is 5.41 Å². The molecule has 0 saturated heterocycles. The third-order valence-electron chi connectivity index (χ3n) is 13.7. The molecule has 0 amide bonds. The van der Waals surface area contributed by atoms with Crippen LogP contribution >= 0.6 is 0 Å². The van der Waals surface area contributed by atoms with Crippen molar-refractivity contribution in [3.63, 3.8) is 0 Å². The van der Waals surface area contributed by atoms with Crippen LogP contribution in [0.4, 0.5) is 0 Å². The molecule has 12 aromatic rings. The second kappa shape index (κ2) is 12.7. The molecule has 0 atom stereocenters. The van der Waals surface area contributed by atoms with Gasteiger partial charge in [-0.2, -0.15) is 0 Å².